The number of benzene rings is 1. The molecular formula is C17H18N2O4S. The molecular weight excluding hydrogens is 328 g/mol. The van der Waals surface area contributed by atoms with Gasteiger partial charge in [-0.25, -0.2) is 4.98 Å². The number of aliphatic hydroxyl groups is 1. The van der Waals surface area contributed by atoms with E-state index in [1.807, 2.05) is 24.4 Å². The van der Waals surface area contributed by atoms with Crippen LogP contribution in [0.1, 0.15) is 6.92 Å². The second-order valence-electron chi connectivity index (χ2n) is 5.21. The summed E-state index contributed by atoms with van der Waals surface area (Å²) in [7, 11) is 0. The maximum atomic E-state index is 12.3. The van der Waals surface area contributed by atoms with Crippen LogP contribution in [-0.2, 0) is 6.54 Å². The van der Waals surface area contributed by atoms with E-state index in [9.17, 15) is 9.90 Å². The van der Waals surface area contributed by atoms with Crippen LogP contribution in [0.2, 0.25) is 0 Å². The molecule has 0 amide bonds. The molecule has 0 aliphatic carbocycles. The van der Waals surface area contributed by atoms with Gasteiger partial charge in [-0.05, 0) is 42.6 Å². The maximum absolute atomic E-state index is 12.3. The van der Waals surface area contributed by atoms with Crippen molar-refractivity contribution in [2.24, 2.45) is 0 Å². The highest BCUT2D eigenvalue weighted by molar-refractivity contribution is 7.16. The average molecular weight is 346 g/mol. The molecule has 3 aromatic rings. The van der Waals surface area contributed by atoms with Gasteiger partial charge in [0.15, 0.2) is 0 Å². The summed E-state index contributed by atoms with van der Waals surface area (Å²) in [6.07, 6.45) is 0.647. The average Bonchev–Trinajstić information content (AvgIpc) is 3.07. The summed E-state index contributed by atoms with van der Waals surface area (Å²) < 4.78 is 12.3. The Hall–Kier alpha value is -2.38. The van der Waals surface area contributed by atoms with Crippen LogP contribution in [0.5, 0.6) is 11.5 Å². The van der Waals surface area contributed by atoms with Crippen molar-refractivity contribution < 1.29 is 14.6 Å². The summed E-state index contributed by atoms with van der Waals surface area (Å²) in [5, 5.41) is 12.5. The predicted molar refractivity (Wildman–Crippen MR) is 93.0 cm³/mol. The number of ether oxygens (including phenoxy) is 2. The molecule has 6 nitrogen and oxygen atoms in total. The standard InChI is InChI=1S/C17H18N2O4S/c1-2-22-13-3-5-14(6-4-13)23-10-12(20)9-19-11-18-16-15(17(19)21)7-8-24-16/h3-8,11-12,20H,2,9-10H2,1H3. The molecule has 24 heavy (non-hydrogen) atoms. The number of hydrogen-bond donors (Lipinski definition) is 1. The molecule has 0 bridgehead atoms. The number of aliphatic hydroxyl groups excluding tert-OH is 1. The lowest BCUT2D eigenvalue weighted by molar-refractivity contribution is 0.0914. The lowest BCUT2D eigenvalue weighted by Gasteiger charge is -2.14. The van der Waals surface area contributed by atoms with Crippen molar-refractivity contribution in [3.63, 3.8) is 0 Å². The SMILES string of the molecule is CCOc1ccc(OCC(O)Cn2cnc3sccc3c2=O)cc1. The molecule has 1 N–H and O–H groups in total. The van der Waals surface area contributed by atoms with Crippen molar-refractivity contribution in [1.82, 2.24) is 9.55 Å². The number of fused-ring (bicyclic) bond motifs is 1. The molecule has 0 aliphatic rings. The smallest absolute Gasteiger partial charge is 0.262 e. The molecule has 1 atom stereocenters. The quantitative estimate of drug-likeness (QED) is 0.711. The van der Waals surface area contributed by atoms with Crippen molar-refractivity contribution in [3.8, 4) is 11.5 Å². The second kappa shape index (κ2) is 7.46. The second-order valence-corrected chi connectivity index (χ2v) is 6.11. The Morgan fingerprint density at radius 1 is 1.21 bits per heavy atom. The summed E-state index contributed by atoms with van der Waals surface area (Å²) >= 11 is 1.42. The van der Waals surface area contributed by atoms with E-state index in [4.69, 9.17) is 9.47 Å². The Bertz CT molecular complexity index is 857. The molecule has 2 aromatic heterocycles. The van der Waals surface area contributed by atoms with Crippen LogP contribution in [0.3, 0.4) is 0 Å². The van der Waals surface area contributed by atoms with Crippen molar-refractivity contribution >= 4 is 21.6 Å². The van der Waals surface area contributed by atoms with E-state index in [2.05, 4.69) is 4.98 Å². The summed E-state index contributed by atoms with van der Waals surface area (Å²) in [4.78, 5) is 17.2. The van der Waals surface area contributed by atoms with Crippen molar-refractivity contribution in [2.45, 2.75) is 19.6 Å². The van der Waals surface area contributed by atoms with Crippen LogP contribution in [0.25, 0.3) is 10.2 Å². The van der Waals surface area contributed by atoms with E-state index in [0.717, 1.165) is 5.75 Å². The largest absolute Gasteiger partial charge is 0.494 e. The van der Waals surface area contributed by atoms with E-state index < -0.39 is 6.10 Å². The third-order valence-electron chi connectivity index (χ3n) is 3.43. The number of rotatable bonds is 7. The molecule has 0 saturated carbocycles. The zero-order valence-electron chi connectivity index (χ0n) is 13.2. The van der Waals surface area contributed by atoms with Crippen LogP contribution in [0.15, 0.2) is 46.8 Å². The normalized spacial score (nSPS) is 12.2. The third-order valence-corrected chi connectivity index (χ3v) is 4.26. The minimum absolute atomic E-state index is 0.0854. The third kappa shape index (κ3) is 3.74. The Morgan fingerprint density at radius 3 is 2.62 bits per heavy atom. The van der Waals surface area contributed by atoms with Gasteiger partial charge in [0.05, 0.1) is 24.9 Å². The lowest BCUT2D eigenvalue weighted by atomic mass is 10.3. The number of thiophene rings is 1. The van der Waals surface area contributed by atoms with Crippen LogP contribution in [0.4, 0.5) is 0 Å². The van der Waals surface area contributed by atoms with E-state index in [0.29, 0.717) is 22.6 Å². The van der Waals surface area contributed by atoms with E-state index in [-0.39, 0.29) is 18.7 Å². The van der Waals surface area contributed by atoms with Crippen molar-refractivity contribution in [2.75, 3.05) is 13.2 Å². The van der Waals surface area contributed by atoms with Gasteiger partial charge < -0.3 is 14.6 Å². The first kappa shape index (κ1) is 16.5. The zero-order chi connectivity index (χ0) is 16.9. The summed E-state index contributed by atoms with van der Waals surface area (Å²) in [6.45, 7) is 2.75. The molecule has 1 unspecified atom stereocenters. The highest BCUT2D eigenvalue weighted by Gasteiger charge is 2.11. The Morgan fingerprint density at radius 2 is 1.92 bits per heavy atom. The number of hydrogen-bond acceptors (Lipinski definition) is 6. The highest BCUT2D eigenvalue weighted by Crippen LogP contribution is 2.18. The summed E-state index contributed by atoms with van der Waals surface area (Å²) in [5.41, 5.74) is -0.152. The minimum atomic E-state index is -0.813. The fourth-order valence-electron chi connectivity index (χ4n) is 2.29. The van der Waals surface area contributed by atoms with E-state index >= 15 is 0 Å². The summed E-state index contributed by atoms with van der Waals surface area (Å²) in [6, 6.07) is 8.93. The Labute approximate surface area is 142 Å². The van der Waals surface area contributed by atoms with Gasteiger partial charge in [-0.1, -0.05) is 0 Å². The summed E-state index contributed by atoms with van der Waals surface area (Å²) in [5.74, 6) is 1.41. The molecule has 7 heteroatoms. The molecule has 126 valence electrons. The maximum Gasteiger partial charge on any atom is 0.262 e. The Kier molecular flexibility index (Phi) is 5.12. The molecule has 3 rings (SSSR count). The molecule has 0 aliphatic heterocycles. The van der Waals surface area contributed by atoms with Gasteiger partial charge in [0.25, 0.3) is 5.56 Å². The van der Waals surface area contributed by atoms with Crippen molar-refractivity contribution in [3.05, 3.63) is 52.4 Å². The van der Waals surface area contributed by atoms with Crippen LogP contribution < -0.4 is 15.0 Å². The fraction of sp³-hybridized carbons (Fsp3) is 0.294. The Balaban J connectivity index is 1.59. The van der Waals surface area contributed by atoms with Gasteiger partial charge in [0.1, 0.15) is 29.0 Å². The van der Waals surface area contributed by atoms with Gasteiger partial charge in [0.2, 0.25) is 0 Å². The van der Waals surface area contributed by atoms with Crippen LogP contribution >= 0.6 is 11.3 Å². The van der Waals surface area contributed by atoms with Crippen LogP contribution in [0, 0.1) is 0 Å². The van der Waals surface area contributed by atoms with Crippen molar-refractivity contribution in [1.29, 1.82) is 0 Å². The molecule has 0 fully saturated rings. The first-order chi connectivity index (χ1) is 11.7. The number of nitrogens with zero attached hydrogens (tertiary/aromatic N) is 2. The zero-order valence-corrected chi connectivity index (χ0v) is 14.0. The predicted octanol–water partition coefficient (Wildman–Crippen LogP) is 2.30. The van der Waals surface area contributed by atoms with E-state index in [1.54, 1.807) is 18.2 Å². The van der Waals surface area contributed by atoms with Gasteiger partial charge in [-0.15, -0.1) is 11.3 Å². The van der Waals surface area contributed by atoms with Gasteiger partial charge in [-0.3, -0.25) is 9.36 Å². The molecule has 0 saturated heterocycles. The highest BCUT2D eigenvalue weighted by atomic mass is 32.1. The molecule has 0 radical (unpaired) electrons. The fourth-order valence-corrected chi connectivity index (χ4v) is 3.02. The molecule has 2 heterocycles. The van der Waals surface area contributed by atoms with Gasteiger partial charge in [-0.2, -0.15) is 0 Å². The number of aromatic nitrogens is 2. The van der Waals surface area contributed by atoms with E-state index in [1.165, 1.54) is 22.2 Å². The molecule has 1 aromatic carbocycles. The van der Waals surface area contributed by atoms with Gasteiger partial charge in [0, 0.05) is 0 Å². The van der Waals surface area contributed by atoms with Crippen LogP contribution in [-0.4, -0.2) is 34.0 Å². The lowest BCUT2D eigenvalue weighted by Crippen LogP contribution is -2.30. The first-order valence-corrected chi connectivity index (χ1v) is 8.51. The monoisotopic (exact) mass is 346 g/mol. The minimum Gasteiger partial charge on any atom is -0.494 e. The first-order valence-electron chi connectivity index (χ1n) is 7.63. The topological polar surface area (TPSA) is 73.6 Å². The van der Waals surface area contributed by atoms with Gasteiger partial charge >= 0.3 is 0 Å². The molecule has 0 spiro atoms.